The molecule has 1 aromatic carbocycles. The Morgan fingerprint density at radius 1 is 1.47 bits per heavy atom. The van der Waals surface area contributed by atoms with Gasteiger partial charge in [0.25, 0.3) is 0 Å². The monoisotopic (exact) mass is 263 g/mol. The molecule has 0 bridgehead atoms. The molecule has 1 heterocycles. The number of hydrogen-bond donors (Lipinski definition) is 1. The molecule has 1 amide bonds. The molecule has 1 N–H and O–H groups in total. The van der Waals surface area contributed by atoms with Gasteiger partial charge in [-0.15, -0.1) is 0 Å². The van der Waals surface area contributed by atoms with Crippen LogP contribution in [-0.4, -0.2) is 35.1 Å². The first kappa shape index (κ1) is 13.7. The Labute approximate surface area is 112 Å². The average Bonchev–Trinajstić information content (AvgIpc) is 2.88. The van der Waals surface area contributed by atoms with Gasteiger partial charge in [0.15, 0.2) is 0 Å². The van der Waals surface area contributed by atoms with Crippen LogP contribution in [0.3, 0.4) is 0 Å². The number of hydrogen-bond acceptors (Lipinski definition) is 2. The van der Waals surface area contributed by atoms with Crippen molar-refractivity contribution in [2.75, 3.05) is 13.2 Å². The molecule has 3 nitrogen and oxygen atoms in total. The molecule has 2 rings (SSSR count). The SMILES string of the molecule is CC(=Cc1ccc(F)cc1)C(=O)N1CCCC1CO. The number of carbonyl (C=O) groups is 1. The van der Waals surface area contributed by atoms with Crippen LogP contribution >= 0.6 is 0 Å². The number of rotatable bonds is 3. The van der Waals surface area contributed by atoms with Crippen molar-refractivity contribution in [3.05, 3.63) is 41.2 Å². The lowest BCUT2D eigenvalue weighted by Crippen LogP contribution is -2.38. The maximum absolute atomic E-state index is 12.8. The van der Waals surface area contributed by atoms with Crippen molar-refractivity contribution in [3.8, 4) is 0 Å². The van der Waals surface area contributed by atoms with E-state index >= 15 is 0 Å². The van der Waals surface area contributed by atoms with Gasteiger partial charge in [-0.2, -0.15) is 0 Å². The van der Waals surface area contributed by atoms with Gasteiger partial charge >= 0.3 is 0 Å². The lowest BCUT2D eigenvalue weighted by Gasteiger charge is -2.23. The van der Waals surface area contributed by atoms with Crippen molar-refractivity contribution >= 4 is 12.0 Å². The summed E-state index contributed by atoms with van der Waals surface area (Å²) in [6, 6.07) is 5.95. The lowest BCUT2D eigenvalue weighted by molar-refractivity contribution is -0.128. The smallest absolute Gasteiger partial charge is 0.249 e. The predicted octanol–water partition coefficient (Wildman–Crippen LogP) is 2.21. The van der Waals surface area contributed by atoms with Crippen molar-refractivity contribution in [1.29, 1.82) is 0 Å². The number of aliphatic hydroxyl groups excluding tert-OH is 1. The molecule has 1 saturated heterocycles. The Bertz CT molecular complexity index is 481. The molecule has 1 aromatic rings. The Morgan fingerprint density at radius 3 is 2.79 bits per heavy atom. The molecule has 1 fully saturated rings. The summed E-state index contributed by atoms with van der Waals surface area (Å²) in [5, 5.41) is 9.23. The molecule has 0 saturated carbocycles. The Balaban J connectivity index is 2.12. The number of aliphatic hydroxyl groups is 1. The summed E-state index contributed by atoms with van der Waals surface area (Å²) in [5.41, 5.74) is 1.40. The van der Waals surface area contributed by atoms with Gasteiger partial charge in [0.1, 0.15) is 5.82 Å². The zero-order chi connectivity index (χ0) is 13.8. The highest BCUT2D eigenvalue weighted by atomic mass is 19.1. The van der Waals surface area contributed by atoms with Crippen LogP contribution in [0.15, 0.2) is 29.8 Å². The van der Waals surface area contributed by atoms with Crippen LogP contribution in [0, 0.1) is 5.82 Å². The van der Waals surface area contributed by atoms with Crippen molar-refractivity contribution < 1.29 is 14.3 Å². The number of benzene rings is 1. The minimum atomic E-state index is -0.291. The van der Waals surface area contributed by atoms with E-state index in [0.717, 1.165) is 18.4 Å². The molecular formula is C15H18FNO2. The van der Waals surface area contributed by atoms with E-state index in [0.29, 0.717) is 12.1 Å². The first-order valence-corrected chi connectivity index (χ1v) is 6.47. The zero-order valence-electron chi connectivity index (χ0n) is 11.0. The molecule has 1 unspecified atom stereocenters. The van der Waals surface area contributed by atoms with Crippen LogP contribution in [0.2, 0.25) is 0 Å². The lowest BCUT2D eigenvalue weighted by atomic mass is 10.1. The number of amides is 1. The molecule has 0 aliphatic carbocycles. The summed E-state index contributed by atoms with van der Waals surface area (Å²) in [4.78, 5) is 14.0. The molecule has 1 atom stereocenters. The largest absolute Gasteiger partial charge is 0.394 e. The second kappa shape index (κ2) is 5.97. The second-order valence-electron chi connectivity index (χ2n) is 4.86. The molecule has 0 spiro atoms. The minimum Gasteiger partial charge on any atom is -0.394 e. The second-order valence-corrected chi connectivity index (χ2v) is 4.86. The molecule has 19 heavy (non-hydrogen) atoms. The molecule has 4 heteroatoms. The zero-order valence-corrected chi connectivity index (χ0v) is 11.0. The van der Waals surface area contributed by atoms with Gasteiger partial charge in [0.05, 0.1) is 12.6 Å². The van der Waals surface area contributed by atoms with Crippen molar-refractivity contribution in [1.82, 2.24) is 4.90 Å². The fourth-order valence-electron chi connectivity index (χ4n) is 2.39. The Morgan fingerprint density at radius 2 is 2.16 bits per heavy atom. The highest BCUT2D eigenvalue weighted by molar-refractivity contribution is 5.97. The number of carbonyl (C=O) groups excluding carboxylic acids is 1. The van der Waals surface area contributed by atoms with E-state index in [9.17, 15) is 14.3 Å². The highest BCUT2D eigenvalue weighted by Gasteiger charge is 2.28. The van der Waals surface area contributed by atoms with E-state index in [2.05, 4.69) is 0 Å². The number of halogens is 1. The van der Waals surface area contributed by atoms with Gasteiger partial charge in [-0.25, -0.2) is 4.39 Å². The van der Waals surface area contributed by atoms with Gasteiger partial charge in [0.2, 0.25) is 5.91 Å². The van der Waals surface area contributed by atoms with Gasteiger partial charge in [-0.1, -0.05) is 12.1 Å². The summed E-state index contributed by atoms with van der Waals surface area (Å²) in [6.45, 7) is 2.45. The third-order valence-electron chi connectivity index (χ3n) is 3.44. The molecule has 0 radical (unpaired) electrons. The Kier molecular flexibility index (Phi) is 4.32. The van der Waals surface area contributed by atoms with Gasteiger partial charge in [-0.05, 0) is 43.5 Å². The fourth-order valence-corrected chi connectivity index (χ4v) is 2.39. The van der Waals surface area contributed by atoms with E-state index in [1.54, 1.807) is 30.0 Å². The predicted molar refractivity (Wildman–Crippen MR) is 71.9 cm³/mol. The number of nitrogens with zero attached hydrogens (tertiary/aromatic N) is 1. The normalized spacial score (nSPS) is 19.8. The quantitative estimate of drug-likeness (QED) is 0.849. The minimum absolute atomic E-state index is 0.00949. The van der Waals surface area contributed by atoms with Crippen LogP contribution < -0.4 is 0 Å². The molecule has 1 aliphatic heterocycles. The standard InChI is InChI=1S/C15H18FNO2/c1-11(9-12-4-6-13(16)7-5-12)15(19)17-8-2-3-14(17)10-18/h4-7,9,14,18H,2-3,8,10H2,1H3. The Hall–Kier alpha value is -1.68. The van der Waals surface area contributed by atoms with Crippen molar-refractivity contribution in [2.45, 2.75) is 25.8 Å². The van der Waals surface area contributed by atoms with Crippen molar-refractivity contribution in [2.24, 2.45) is 0 Å². The van der Waals surface area contributed by atoms with Gasteiger partial charge < -0.3 is 10.0 Å². The van der Waals surface area contributed by atoms with Crippen LogP contribution in [0.4, 0.5) is 4.39 Å². The van der Waals surface area contributed by atoms with Crippen LogP contribution in [-0.2, 0) is 4.79 Å². The third kappa shape index (κ3) is 3.20. The van der Waals surface area contributed by atoms with E-state index in [1.165, 1.54) is 12.1 Å². The average molecular weight is 263 g/mol. The van der Waals surface area contributed by atoms with Crippen LogP contribution in [0.25, 0.3) is 6.08 Å². The van der Waals surface area contributed by atoms with Crippen LogP contribution in [0.1, 0.15) is 25.3 Å². The first-order chi connectivity index (χ1) is 9.11. The summed E-state index contributed by atoms with van der Waals surface area (Å²) >= 11 is 0. The van der Waals surface area contributed by atoms with Gasteiger partial charge in [0, 0.05) is 12.1 Å². The van der Waals surface area contributed by atoms with Crippen LogP contribution in [0.5, 0.6) is 0 Å². The van der Waals surface area contributed by atoms with E-state index in [4.69, 9.17) is 0 Å². The topological polar surface area (TPSA) is 40.5 Å². The summed E-state index contributed by atoms with van der Waals surface area (Å²) in [5.74, 6) is -0.345. The molecular weight excluding hydrogens is 245 g/mol. The van der Waals surface area contributed by atoms with Crippen molar-refractivity contribution in [3.63, 3.8) is 0 Å². The van der Waals surface area contributed by atoms with Gasteiger partial charge in [-0.3, -0.25) is 4.79 Å². The van der Waals surface area contributed by atoms with E-state index in [-0.39, 0.29) is 24.4 Å². The summed E-state index contributed by atoms with van der Waals surface area (Å²) < 4.78 is 12.8. The summed E-state index contributed by atoms with van der Waals surface area (Å²) in [6.07, 6.45) is 3.53. The summed E-state index contributed by atoms with van der Waals surface area (Å²) in [7, 11) is 0. The first-order valence-electron chi connectivity index (χ1n) is 6.47. The third-order valence-corrected chi connectivity index (χ3v) is 3.44. The maximum atomic E-state index is 12.8. The molecule has 0 aromatic heterocycles. The van der Waals surface area contributed by atoms with E-state index in [1.807, 2.05) is 0 Å². The number of likely N-dealkylation sites (tertiary alicyclic amines) is 1. The fraction of sp³-hybridized carbons (Fsp3) is 0.400. The van der Waals surface area contributed by atoms with E-state index < -0.39 is 0 Å². The highest BCUT2D eigenvalue weighted by Crippen LogP contribution is 2.20. The molecule has 1 aliphatic rings. The molecule has 102 valence electrons. The maximum Gasteiger partial charge on any atom is 0.249 e.